The topological polar surface area (TPSA) is 92.7 Å². The molecule has 0 saturated heterocycles. The molecule has 212 valence electrons. The maximum atomic E-state index is 12.3. The molecule has 0 saturated carbocycles. The molecule has 12 heteroatoms. The lowest BCUT2D eigenvalue weighted by Gasteiger charge is -2.45. The zero-order valence-electron chi connectivity index (χ0n) is 25.0. The molecule has 1 rings (SSSR count). The van der Waals surface area contributed by atoms with E-state index in [4.69, 9.17) is 26.6 Å². The first kappa shape index (κ1) is 33.6. The Bertz CT molecular complexity index is 880. The van der Waals surface area contributed by atoms with Crippen molar-refractivity contribution in [3.8, 4) is 17.2 Å². The molecule has 0 bridgehead atoms. The summed E-state index contributed by atoms with van der Waals surface area (Å²) in [7, 11) is -4.65. The molecule has 1 atom stereocenters. The van der Waals surface area contributed by atoms with Crippen LogP contribution >= 0.6 is 0 Å². The van der Waals surface area contributed by atoms with Gasteiger partial charge in [0.15, 0.2) is 36.5 Å². The maximum absolute atomic E-state index is 12.3. The van der Waals surface area contributed by atoms with Gasteiger partial charge in [-0.25, -0.2) is 4.79 Å². The van der Waals surface area contributed by atoms with Gasteiger partial charge in [-0.1, -0.05) is 6.92 Å². The molecule has 0 heterocycles. The van der Waals surface area contributed by atoms with Crippen LogP contribution in [-0.2, 0) is 17.1 Å². The highest BCUT2D eigenvalue weighted by Crippen LogP contribution is 2.40. The molecule has 1 unspecified atom stereocenters. The maximum Gasteiger partial charge on any atom is 0.472 e. The van der Waals surface area contributed by atoms with E-state index >= 15 is 0 Å². The summed E-state index contributed by atoms with van der Waals surface area (Å²) in [5.74, 6) is 0.414. The highest BCUT2D eigenvalue weighted by atomic mass is 28.5. The molecule has 37 heavy (non-hydrogen) atoms. The molecule has 0 spiro atoms. The number of carboxylic acids is 1. The molecule has 0 aliphatic rings. The highest BCUT2D eigenvalue weighted by Gasteiger charge is 2.53. The fraction of sp³-hybridized carbons (Fsp3) is 0.640. The third-order valence-electron chi connectivity index (χ3n) is 5.10. The van der Waals surface area contributed by atoms with Gasteiger partial charge in [-0.3, -0.25) is 0 Å². The first-order valence-electron chi connectivity index (χ1n) is 12.6. The quantitative estimate of drug-likeness (QED) is 0.176. The van der Waals surface area contributed by atoms with E-state index in [1.54, 1.807) is 18.2 Å². The zero-order valence-corrected chi connectivity index (χ0v) is 29.0. The molecular formula is C25H48O8Si4. The fourth-order valence-electron chi connectivity index (χ4n) is 3.82. The van der Waals surface area contributed by atoms with E-state index in [-0.39, 0.29) is 11.1 Å². The van der Waals surface area contributed by atoms with Crippen LogP contribution in [0.1, 0.15) is 25.3 Å². The largest absolute Gasteiger partial charge is 0.493 e. The van der Waals surface area contributed by atoms with Gasteiger partial charge in [0.2, 0.25) is 5.75 Å². The van der Waals surface area contributed by atoms with Crippen molar-refractivity contribution in [1.29, 1.82) is 0 Å². The Labute approximate surface area is 228 Å². The molecule has 0 fully saturated rings. The molecule has 0 aliphatic heterocycles. The first-order valence-corrected chi connectivity index (χ1v) is 24.6. The Morgan fingerprint density at radius 2 is 1.22 bits per heavy atom. The van der Waals surface area contributed by atoms with Crippen LogP contribution in [0.5, 0.6) is 17.2 Å². The van der Waals surface area contributed by atoms with Crippen LogP contribution in [0.15, 0.2) is 17.7 Å². The van der Waals surface area contributed by atoms with E-state index in [0.29, 0.717) is 35.7 Å². The third kappa shape index (κ3) is 11.1. The van der Waals surface area contributed by atoms with Crippen molar-refractivity contribution in [3.05, 3.63) is 23.3 Å². The second-order valence-corrected chi connectivity index (χ2v) is 29.4. The van der Waals surface area contributed by atoms with E-state index in [2.05, 4.69) is 65.8 Å². The summed E-state index contributed by atoms with van der Waals surface area (Å²) in [6.07, 6.45) is 2.55. The third-order valence-corrected chi connectivity index (χ3v) is 17.4. The minimum absolute atomic E-state index is 0.0691. The second-order valence-electron chi connectivity index (χ2n) is 12.1. The Hall–Kier alpha value is -1.42. The fourth-order valence-corrected chi connectivity index (χ4v) is 18.6. The Kier molecular flexibility index (Phi) is 11.9. The first-order chi connectivity index (χ1) is 16.8. The van der Waals surface area contributed by atoms with Crippen molar-refractivity contribution in [1.82, 2.24) is 0 Å². The van der Waals surface area contributed by atoms with Crippen molar-refractivity contribution in [3.63, 3.8) is 0 Å². The van der Waals surface area contributed by atoms with Crippen LogP contribution in [0.3, 0.4) is 0 Å². The monoisotopic (exact) mass is 588 g/mol. The summed E-state index contributed by atoms with van der Waals surface area (Å²) in [5, 5.41) is 10.0. The van der Waals surface area contributed by atoms with E-state index in [1.165, 1.54) is 21.3 Å². The number of carboxylic acid groups (broad SMARTS) is 1. The predicted molar refractivity (Wildman–Crippen MR) is 159 cm³/mol. The Morgan fingerprint density at radius 1 is 0.811 bits per heavy atom. The Morgan fingerprint density at radius 3 is 1.51 bits per heavy atom. The summed E-state index contributed by atoms with van der Waals surface area (Å²) in [6, 6.07) is 3.48. The minimum Gasteiger partial charge on any atom is -0.493 e. The van der Waals surface area contributed by atoms with Crippen molar-refractivity contribution in [2.45, 2.75) is 84.2 Å². The molecule has 1 aromatic rings. The number of ether oxygens (including phenoxy) is 3. The normalized spacial score (nSPS) is 14.4. The second kappa shape index (κ2) is 13.1. The summed E-state index contributed by atoms with van der Waals surface area (Å²) in [5.41, 5.74) is 0.858. The molecule has 8 nitrogen and oxygen atoms in total. The van der Waals surface area contributed by atoms with Crippen LogP contribution in [0, 0.1) is 0 Å². The molecular weight excluding hydrogens is 541 g/mol. The van der Waals surface area contributed by atoms with E-state index in [1.807, 2.05) is 0 Å². The average molecular weight is 589 g/mol. The van der Waals surface area contributed by atoms with Crippen LogP contribution < -0.4 is 14.2 Å². The number of benzene rings is 1. The number of methoxy groups -OCH3 is 3. The van der Waals surface area contributed by atoms with Crippen molar-refractivity contribution in [2.24, 2.45) is 0 Å². The average Bonchev–Trinajstić information content (AvgIpc) is 2.71. The van der Waals surface area contributed by atoms with Gasteiger partial charge in [0.25, 0.3) is 0 Å². The number of carbonyl (C=O) groups is 1. The van der Waals surface area contributed by atoms with Crippen molar-refractivity contribution < 1.29 is 36.5 Å². The Balaban J connectivity index is 3.44. The lowest BCUT2D eigenvalue weighted by molar-refractivity contribution is -0.132. The molecule has 0 amide bonds. The smallest absolute Gasteiger partial charge is 0.472 e. The van der Waals surface area contributed by atoms with Crippen molar-refractivity contribution in [2.75, 3.05) is 21.3 Å². The van der Waals surface area contributed by atoms with Crippen LogP contribution in [0.2, 0.25) is 64.5 Å². The number of rotatable bonds is 15. The number of hydrogen-bond acceptors (Lipinski definition) is 7. The predicted octanol–water partition coefficient (Wildman–Crippen LogP) is 6.84. The lowest BCUT2D eigenvalue weighted by atomic mass is 10.0. The summed E-state index contributed by atoms with van der Waals surface area (Å²) in [6.45, 7) is 21.4. The van der Waals surface area contributed by atoms with Gasteiger partial charge in [-0.15, -0.1) is 0 Å². The summed E-state index contributed by atoms with van der Waals surface area (Å²) < 4.78 is 36.7. The van der Waals surface area contributed by atoms with Crippen LogP contribution in [0.25, 0.3) is 6.08 Å². The van der Waals surface area contributed by atoms with Gasteiger partial charge in [0, 0.05) is 11.1 Å². The van der Waals surface area contributed by atoms with Gasteiger partial charge >= 0.3 is 14.8 Å². The van der Waals surface area contributed by atoms with E-state index < -0.39 is 39.7 Å². The van der Waals surface area contributed by atoms with E-state index in [9.17, 15) is 9.90 Å². The van der Waals surface area contributed by atoms with Gasteiger partial charge in [-0.2, -0.15) is 0 Å². The van der Waals surface area contributed by atoms with Gasteiger partial charge in [0.1, 0.15) is 0 Å². The van der Waals surface area contributed by atoms with Crippen molar-refractivity contribution >= 4 is 45.8 Å². The minimum atomic E-state index is -3.13. The highest BCUT2D eigenvalue weighted by molar-refractivity contribution is 6.90. The molecule has 1 N–H and O–H groups in total. The zero-order chi connectivity index (χ0) is 28.8. The van der Waals surface area contributed by atoms with Crippen LogP contribution in [0.4, 0.5) is 0 Å². The summed E-state index contributed by atoms with van der Waals surface area (Å²) >= 11 is 0. The SMILES string of the molecule is COc1cc(C=C(CCC(C)[Si](O[Si](C)(C)C)(O[Si](C)(C)C)O[Si](C)(C)C)C(=O)O)cc(OC)c1OC. The van der Waals surface area contributed by atoms with Gasteiger partial charge < -0.3 is 31.7 Å². The lowest BCUT2D eigenvalue weighted by Crippen LogP contribution is -2.62. The van der Waals surface area contributed by atoms with E-state index in [0.717, 1.165) is 0 Å². The molecule has 0 aliphatic carbocycles. The van der Waals surface area contributed by atoms with Gasteiger partial charge in [-0.05, 0) is 95.5 Å². The summed E-state index contributed by atoms with van der Waals surface area (Å²) in [4.78, 5) is 12.3. The molecule has 0 radical (unpaired) electrons. The number of aliphatic carboxylic acids is 1. The molecule has 0 aromatic heterocycles. The molecule has 1 aromatic carbocycles. The van der Waals surface area contributed by atoms with Gasteiger partial charge in [0.05, 0.1) is 21.3 Å². The van der Waals surface area contributed by atoms with Crippen LogP contribution in [-0.4, -0.2) is 66.2 Å². The number of hydrogen-bond donors (Lipinski definition) is 1. The standard InChI is InChI=1S/C25H48O8Si4/c1-19(37(31-34(5,6)7,32-35(8,9)10)33-36(11,12)13)14-15-21(25(26)27)16-20-17-22(28-2)24(30-4)23(18-20)29-3/h16-19H,14-15H2,1-13H3,(H,26,27).